The molecule has 0 bridgehead atoms. The Morgan fingerprint density at radius 3 is 2.70 bits per heavy atom. The molecule has 1 fully saturated rings. The van der Waals surface area contributed by atoms with E-state index in [-0.39, 0.29) is 11.7 Å². The van der Waals surface area contributed by atoms with Gasteiger partial charge in [0.1, 0.15) is 0 Å². The summed E-state index contributed by atoms with van der Waals surface area (Å²) in [6.45, 7) is 8.08. The highest BCUT2D eigenvalue weighted by Crippen LogP contribution is 2.15. The SMILES string of the molecule is CC(C)n1c(=O)n(CCN2CCCC2)c2cccnc21. The Morgan fingerprint density at radius 1 is 1.25 bits per heavy atom. The molecule has 0 aliphatic carbocycles. The summed E-state index contributed by atoms with van der Waals surface area (Å²) >= 11 is 0. The molecule has 0 radical (unpaired) electrons. The first-order chi connectivity index (χ1) is 9.68. The zero-order valence-electron chi connectivity index (χ0n) is 12.2. The van der Waals surface area contributed by atoms with Gasteiger partial charge in [-0.25, -0.2) is 9.78 Å². The lowest BCUT2D eigenvalue weighted by atomic mass is 10.4. The van der Waals surface area contributed by atoms with E-state index in [4.69, 9.17) is 0 Å². The van der Waals surface area contributed by atoms with E-state index in [0.717, 1.165) is 37.3 Å². The third-order valence-corrected chi connectivity index (χ3v) is 4.08. The van der Waals surface area contributed by atoms with Crippen molar-refractivity contribution in [1.29, 1.82) is 0 Å². The van der Waals surface area contributed by atoms with Gasteiger partial charge in [0, 0.05) is 25.3 Å². The molecule has 2 aromatic heterocycles. The molecule has 1 saturated heterocycles. The number of hydrogen-bond donors (Lipinski definition) is 0. The van der Waals surface area contributed by atoms with Crippen molar-refractivity contribution in [2.24, 2.45) is 0 Å². The van der Waals surface area contributed by atoms with Crippen molar-refractivity contribution < 1.29 is 0 Å². The molecule has 5 nitrogen and oxygen atoms in total. The fourth-order valence-corrected chi connectivity index (χ4v) is 3.04. The summed E-state index contributed by atoms with van der Waals surface area (Å²) in [7, 11) is 0. The lowest BCUT2D eigenvalue weighted by Crippen LogP contribution is -2.30. The number of aromatic nitrogens is 3. The van der Waals surface area contributed by atoms with Gasteiger partial charge in [-0.3, -0.25) is 9.13 Å². The highest BCUT2D eigenvalue weighted by molar-refractivity contribution is 5.71. The topological polar surface area (TPSA) is 43.1 Å². The largest absolute Gasteiger partial charge is 0.330 e. The second kappa shape index (κ2) is 5.40. The van der Waals surface area contributed by atoms with Crippen LogP contribution in [0.15, 0.2) is 23.1 Å². The standard InChI is InChI=1S/C15H22N4O/c1-12(2)19-14-13(6-5-7-16-14)18(15(19)20)11-10-17-8-3-4-9-17/h5-7,12H,3-4,8-11H2,1-2H3. The fourth-order valence-electron chi connectivity index (χ4n) is 3.04. The van der Waals surface area contributed by atoms with E-state index in [2.05, 4.69) is 9.88 Å². The molecular weight excluding hydrogens is 252 g/mol. The van der Waals surface area contributed by atoms with Gasteiger partial charge >= 0.3 is 5.69 Å². The summed E-state index contributed by atoms with van der Waals surface area (Å²) in [6.07, 6.45) is 4.32. The minimum Gasteiger partial charge on any atom is -0.302 e. The van der Waals surface area contributed by atoms with E-state index in [1.165, 1.54) is 12.8 Å². The molecule has 5 heteroatoms. The average molecular weight is 274 g/mol. The molecule has 0 atom stereocenters. The van der Waals surface area contributed by atoms with Gasteiger partial charge < -0.3 is 4.90 Å². The van der Waals surface area contributed by atoms with Crippen LogP contribution in [0.3, 0.4) is 0 Å². The molecule has 108 valence electrons. The number of imidazole rings is 1. The maximum Gasteiger partial charge on any atom is 0.330 e. The van der Waals surface area contributed by atoms with E-state index < -0.39 is 0 Å². The monoisotopic (exact) mass is 274 g/mol. The van der Waals surface area contributed by atoms with E-state index in [1.807, 2.05) is 30.5 Å². The Bertz CT molecular complexity index is 649. The molecule has 0 spiro atoms. The number of nitrogens with zero attached hydrogens (tertiary/aromatic N) is 4. The van der Waals surface area contributed by atoms with Gasteiger partial charge in [-0.15, -0.1) is 0 Å². The van der Waals surface area contributed by atoms with Gasteiger partial charge in [0.05, 0.1) is 5.52 Å². The molecule has 1 aliphatic heterocycles. The summed E-state index contributed by atoms with van der Waals surface area (Å²) < 4.78 is 3.67. The molecular formula is C15H22N4O. The van der Waals surface area contributed by atoms with Crippen LogP contribution < -0.4 is 5.69 Å². The maximum atomic E-state index is 12.6. The highest BCUT2D eigenvalue weighted by Gasteiger charge is 2.17. The first-order valence-corrected chi connectivity index (χ1v) is 7.46. The van der Waals surface area contributed by atoms with E-state index >= 15 is 0 Å². The smallest absolute Gasteiger partial charge is 0.302 e. The van der Waals surface area contributed by atoms with E-state index in [1.54, 1.807) is 10.8 Å². The van der Waals surface area contributed by atoms with Crippen LogP contribution >= 0.6 is 0 Å². The second-order valence-electron chi connectivity index (χ2n) is 5.79. The van der Waals surface area contributed by atoms with E-state index in [0.29, 0.717) is 0 Å². The van der Waals surface area contributed by atoms with Crippen LogP contribution in [0.5, 0.6) is 0 Å². The molecule has 20 heavy (non-hydrogen) atoms. The summed E-state index contributed by atoms with van der Waals surface area (Å²) in [5, 5.41) is 0. The third-order valence-electron chi connectivity index (χ3n) is 4.08. The number of hydrogen-bond acceptors (Lipinski definition) is 3. The van der Waals surface area contributed by atoms with Crippen LogP contribution in [0, 0.1) is 0 Å². The first kappa shape index (κ1) is 13.4. The number of rotatable bonds is 4. The first-order valence-electron chi connectivity index (χ1n) is 7.46. The van der Waals surface area contributed by atoms with Crippen LogP contribution in [0.2, 0.25) is 0 Å². The molecule has 3 heterocycles. The van der Waals surface area contributed by atoms with Gasteiger partial charge in [0.15, 0.2) is 5.65 Å². The third kappa shape index (κ3) is 2.26. The van der Waals surface area contributed by atoms with Crippen molar-refractivity contribution in [3.05, 3.63) is 28.8 Å². The Morgan fingerprint density at radius 2 is 2.00 bits per heavy atom. The molecule has 3 rings (SSSR count). The predicted molar refractivity (Wildman–Crippen MR) is 80.1 cm³/mol. The number of likely N-dealkylation sites (tertiary alicyclic amines) is 1. The molecule has 0 unspecified atom stereocenters. The van der Waals surface area contributed by atoms with Crippen LogP contribution in [0.4, 0.5) is 0 Å². The van der Waals surface area contributed by atoms with Gasteiger partial charge in [-0.05, 0) is 51.9 Å². The van der Waals surface area contributed by atoms with Crippen molar-refractivity contribution in [2.75, 3.05) is 19.6 Å². The zero-order chi connectivity index (χ0) is 14.1. The summed E-state index contributed by atoms with van der Waals surface area (Å²) in [5.74, 6) is 0. The molecule has 0 saturated carbocycles. The Kier molecular flexibility index (Phi) is 3.61. The average Bonchev–Trinajstić information content (AvgIpc) is 3.01. The summed E-state index contributed by atoms with van der Waals surface area (Å²) in [5.41, 5.74) is 1.81. The second-order valence-corrected chi connectivity index (χ2v) is 5.79. The Hall–Kier alpha value is -1.62. The van der Waals surface area contributed by atoms with E-state index in [9.17, 15) is 4.79 Å². The number of pyridine rings is 1. The normalized spacial score (nSPS) is 16.6. The fraction of sp³-hybridized carbons (Fsp3) is 0.600. The van der Waals surface area contributed by atoms with Crippen LogP contribution in [-0.4, -0.2) is 38.7 Å². The van der Waals surface area contributed by atoms with Crippen molar-refractivity contribution in [3.8, 4) is 0 Å². The predicted octanol–water partition coefficient (Wildman–Crippen LogP) is 1.87. The minimum absolute atomic E-state index is 0.0629. The van der Waals surface area contributed by atoms with Gasteiger partial charge in [0.2, 0.25) is 0 Å². The van der Waals surface area contributed by atoms with Crippen molar-refractivity contribution in [3.63, 3.8) is 0 Å². The lowest BCUT2D eigenvalue weighted by Gasteiger charge is -2.14. The van der Waals surface area contributed by atoms with Crippen molar-refractivity contribution in [2.45, 2.75) is 39.3 Å². The van der Waals surface area contributed by atoms with Crippen LogP contribution in [0.25, 0.3) is 11.2 Å². The molecule has 1 aliphatic rings. The van der Waals surface area contributed by atoms with Crippen molar-refractivity contribution >= 4 is 11.2 Å². The van der Waals surface area contributed by atoms with Crippen LogP contribution in [-0.2, 0) is 6.54 Å². The summed E-state index contributed by atoms with van der Waals surface area (Å²) in [6, 6.07) is 4.03. The Labute approximate surface area is 118 Å². The molecule has 0 amide bonds. The lowest BCUT2D eigenvalue weighted by molar-refractivity contribution is 0.321. The molecule has 2 aromatic rings. The zero-order valence-corrected chi connectivity index (χ0v) is 12.2. The molecule has 0 N–H and O–H groups in total. The van der Waals surface area contributed by atoms with Gasteiger partial charge in [-0.2, -0.15) is 0 Å². The highest BCUT2D eigenvalue weighted by atomic mass is 16.1. The quantitative estimate of drug-likeness (QED) is 0.855. The maximum absolute atomic E-state index is 12.6. The summed E-state index contributed by atoms with van der Waals surface area (Å²) in [4.78, 5) is 19.4. The number of fused-ring (bicyclic) bond motifs is 1. The van der Waals surface area contributed by atoms with Crippen LogP contribution in [0.1, 0.15) is 32.7 Å². The molecule has 0 aromatic carbocycles. The van der Waals surface area contributed by atoms with Crippen molar-refractivity contribution in [1.82, 2.24) is 19.0 Å². The van der Waals surface area contributed by atoms with Gasteiger partial charge in [-0.1, -0.05) is 0 Å². The minimum atomic E-state index is 0.0629. The van der Waals surface area contributed by atoms with Gasteiger partial charge in [0.25, 0.3) is 0 Å². The Balaban J connectivity index is 1.97.